The summed E-state index contributed by atoms with van der Waals surface area (Å²) in [6.07, 6.45) is 2.38. The summed E-state index contributed by atoms with van der Waals surface area (Å²) in [5.74, 6) is 0.776. The van der Waals surface area contributed by atoms with Crippen LogP contribution in [-0.4, -0.2) is 34.6 Å². The van der Waals surface area contributed by atoms with E-state index in [1.165, 1.54) is 4.68 Å². The fourth-order valence-corrected chi connectivity index (χ4v) is 4.04. The molecule has 0 radical (unpaired) electrons. The van der Waals surface area contributed by atoms with Gasteiger partial charge < -0.3 is 9.47 Å². The van der Waals surface area contributed by atoms with Crippen molar-refractivity contribution in [3.8, 4) is 5.75 Å². The largest absolute Gasteiger partial charge is 0.478 e. The zero-order valence-electron chi connectivity index (χ0n) is 18.0. The van der Waals surface area contributed by atoms with Gasteiger partial charge in [-0.2, -0.15) is 9.78 Å². The Hall–Kier alpha value is -2.27. The Bertz CT molecular complexity index is 1230. The number of hydrogen-bond donors (Lipinski definition) is 0. The van der Waals surface area contributed by atoms with Crippen molar-refractivity contribution in [3.63, 3.8) is 0 Å². The molecule has 0 aliphatic heterocycles. The summed E-state index contributed by atoms with van der Waals surface area (Å²) in [6.45, 7) is 5.74. The first-order valence-corrected chi connectivity index (χ1v) is 12.1. The third kappa shape index (κ3) is 5.74. The van der Waals surface area contributed by atoms with Gasteiger partial charge in [0.15, 0.2) is 6.10 Å². The maximum absolute atomic E-state index is 13.1. The van der Waals surface area contributed by atoms with Crippen LogP contribution in [0.2, 0.25) is 0 Å². The minimum absolute atomic E-state index is 0.214. The second-order valence-electron chi connectivity index (χ2n) is 7.00. The minimum atomic E-state index is -0.707. The highest BCUT2D eigenvalue weighted by atomic mass is 127. The van der Waals surface area contributed by atoms with E-state index in [2.05, 4.69) is 48.6 Å². The van der Waals surface area contributed by atoms with Crippen molar-refractivity contribution in [2.24, 2.45) is 5.10 Å². The van der Waals surface area contributed by atoms with Crippen LogP contribution in [0.25, 0.3) is 10.9 Å². The number of rotatable bonds is 8. The molecule has 32 heavy (non-hydrogen) atoms. The summed E-state index contributed by atoms with van der Waals surface area (Å²) in [6, 6.07) is 10.9. The smallest absolute Gasteiger partial charge is 0.347 e. The molecule has 0 aliphatic rings. The first kappa shape index (κ1) is 24.4. The number of aromatic nitrogens is 2. The predicted molar refractivity (Wildman–Crippen MR) is 137 cm³/mol. The minimum Gasteiger partial charge on any atom is -0.478 e. The van der Waals surface area contributed by atoms with Crippen molar-refractivity contribution >= 4 is 61.6 Å². The maximum atomic E-state index is 13.1. The number of hydrogen-bond acceptors (Lipinski definition) is 6. The lowest BCUT2D eigenvalue weighted by atomic mass is 10.2. The van der Waals surface area contributed by atoms with E-state index >= 15 is 0 Å². The number of nitrogens with zero attached hydrogens (tertiary/aromatic N) is 3. The molecule has 2 aromatic carbocycles. The average molecular weight is 612 g/mol. The van der Waals surface area contributed by atoms with E-state index in [9.17, 15) is 9.59 Å². The number of halogens is 2. The van der Waals surface area contributed by atoms with Crippen LogP contribution in [0.15, 0.2) is 50.8 Å². The predicted octanol–water partition coefficient (Wildman–Crippen LogP) is 4.93. The third-order valence-electron chi connectivity index (χ3n) is 4.55. The molecule has 9 heteroatoms. The van der Waals surface area contributed by atoms with Crippen molar-refractivity contribution in [2.75, 3.05) is 6.61 Å². The normalized spacial score (nSPS) is 12.3. The summed E-state index contributed by atoms with van der Waals surface area (Å²) >= 11 is 5.54. The highest BCUT2D eigenvalue weighted by molar-refractivity contribution is 14.1. The summed E-state index contributed by atoms with van der Waals surface area (Å²) in [4.78, 5) is 29.5. The zero-order valence-corrected chi connectivity index (χ0v) is 21.7. The van der Waals surface area contributed by atoms with Crippen LogP contribution < -0.4 is 10.3 Å². The number of esters is 1. The molecule has 3 rings (SSSR count). The van der Waals surface area contributed by atoms with Gasteiger partial charge in [-0.05, 0) is 84.8 Å². The molecule has 7 nitrogen and oxygen atoms in total. The van der Waals surface area contributed by atoms with Crippen LogP contribution in [0.5, 0.6) is 5.75 Å². The lowest BCUT2D eigenvalue weighted by molar-refractivity contribution is -0.150. The molecule has 0 unspecified atom stereocenters. The van der Waals surface area contributed by atoms with Crippen LogP contribution in [0.4, 0.5) is 0 Å². The van der Waals surface area contributed by atoms with Crippen LogP contribution in [-0.2, 0) is 16.0 Å². The maximum Gasteiger partial charge on any atom is 0.347 e. The summed E-state index contributed by atoms with van der Waals surface area (Å²) in [5.41, 5.74) is 1.23. The van der Waals surface area contributed by atoms with Gasteiger partial charge in [-0.3, -0.25) is 4.79 Å². The molecule has 1 atom stereocenters. The average Bonchev–Trinajstić information content (AvgIpc) is 2.76. The zero-order chi connectivity index (χ0) is 23.3. The van der Waals surface area contributed by atoms with Gasteiger partial charge in [-0.25, -0.2) is 9.78 Å². The Morgan fingerprint density at radius 2 is 2.06 bits per heavy atom. The van der Waals surface area contributed by atoms with Crippen molar-refractivity contribution in [2.45, 2.75) is 39.7 Å². The molecule has 0 fully saturated rings. The van der Waals surface area contributed by atoms with E-state index < -0.39 is 12.1 Å². The highest BCUT2D eigenvalue weighted by Crippen LogP contribution is 2.23. The Morgan fingerprint density at radius 1 is 1.28 bits per heavy atom. The molecule has 1 aromatic heterocycles. The molecule has 0 bridgehead atoms. The van der Waals surface area contributed by atoms with E-state index in [4.69, 9.17) is 9.47 Å². The third-order valence-corrected chi connectivity index (χ3v) is 5.89. The molecule has 1 heterocycles. The van der Waals surface area contributed by atoms with Crippen molar-refractivity contribution in [1.29, 1.82) is 0 Å². The molecule has 0 aliphatic carbocycles. The van der Waals surface area contributed by atoms with Gasteiger partial charge in [0.05, 0.1) is 27.3 Å². The first-order chi connectivity index (χ1) is 15.3. The van der Waals surface area contributed by atoms with Gasteiger partial charge >= 0.3 is 5.97 Å². The molecule has 168 valence electrons. The number of carbonyl (C=O) groups excluding carboxylic acids is 1. The van der Waals surface area contributed by atoms with Crippen molar-refractivity contribution in [3.05, 3.63) is 66.2 Å². The second kappa shape index (κ2) is 11.0. The summed E-state index contributed by atoms with van der Waals surface area (Å²) in [5, 5.41) is 4.94. The Morgan fingerprint density at radius 3 is 2.75 bits per heavy atom. The number of ether oxygens (including phenoxy) is 2. The molecular formula is C23H23BrIN3O4. The number of fused-ring (bicyclic) bond motifs is 1. The van der Waals surface area contributed by atoms with E-state index in [0.29, 0.717) is 35.5 Å². The molecule has 0 saturated carbocycles. The Balaban J connectivity index is 1.91. The fourth-order valence-electron chi connectivity index (χ4n) is 3.01. The van der Waals surface area contributed by atoms with Gasteiger partial charge in [0, 0.05) is 10.9 Å². The molecule has 0 amide bonds. The van der Waals surface area contributed by atoms with Crippen LogP contribution in [0.3, 0.4) is 0 Å². The Labute approximate surface area is 208 Å². The van der Waals surface area contributed by atoms with Crippen LogP contribution in [0, 0.1) is 3.57 Å². The van der Waals surface area contributed by atoms with Gasteiger partial charge in [0.25, 0.3) is 5.56 Å². The number of benzene rings is 2. The summed E-state index contributed by atoms with van der Waals surface area (Å²) in [7, 11) is 0. The molecule has 0 saturated heterocycles. The highest BCUT2D eigenvalue weighted by Gasteiger charge is 2.17. The SMILES string of the molecule is CCCc1nc2ccc(Br)cc2c(=O)n1N=Cc1ccc(O[C@H](C)C(=O)OCC)c(I)c1. The van der Waals surface area contributed by atoms with Gasteiger partial charge in [-0.15, -0.1) is 0 Å². The molecule has 0 spiro atoms. The lowest BCUT2D eigenvalue weighted by Crippen LogP contribution is -2.26. The van der Waals surface area contributed by atoms with Crippen LogP contribution >= 0.6 is 38.5 Å². The van der Waals surface area contributed by atoms with E-state index in [1.807, 2.05) is 31.2 Å². The monoisotopic (exact) mass is 611 g/mol. The van der Waals surface area contributed by atoms with E-state index in [1.54, 1.807) is 32.2 Å². The van der Waals surface area contributed by atoms with Gasteiger partial charge in [0.1, 0.15) is 11.6 Å². The standard InChI is InChI=1S/C23H23BrIN3O4/c1-4-6-21-27-19-9-8-16(24)12-17(19)22(29)28(21)26-13-15-7-10-20(18(25)11-15)32-14(3)23(30)31-5-2/h7-14H,4-6H2,1-3H3/t14-/m1/s1. The number of carbonyl (C=O) groups is 1. The van der Waals surface area contributed by atoms with E-state index in [0.717, 1.165) is 20.0 Å². The molecular weight excluding hydrogens is 589 g/mol. The number of aryl methyl sites for hydroxylation is 1. The fraction of sp³-hybridized carbons (Fsp3) is 0.304. The van der Waals surface area contributed by atoms with Crippen molar-refractivity contribution < 1.29 is 14.3 Å². The Kier molecular flexibility index (Phi) is 8.41. The molecule has 3 aromatic rings. The van der Waals surface area contributed by atoms with Gasteiger partial charge in [-0.1, -0.05) is 22.9 Å². The second-order valence-corrected chi connectivity index (χ2v) is 9.08. The lowest BCUT2D eigenvalue weighted by Gasteiger charge is -2.14. The van der Waals surface area contributed by atoms with Gasteiger partial charge in [0.2, 0.25) is 0 Å². The summed E-state index contributed by atoms with van der Waals surface area (Å²) < 4.78 is 13.7. The van der Waals surface area contributed by atoms with Crippen molar-refractivity contribution in [1.82, 2.24) is 9.66 Å². The quantitative estimate of drug-likeness (QED) is 0.205. The van der Waals surface area contributed by atoms with E-state index in [-0.39, 0.29) is 5.56 Å². The molecule has 0 N–H and O–H groups in total. The first-order valence-electron chi connectivity index (χ1n) is 10.2. The van der Waals surface area contributed by atoms with Crippen LogP contribution in [0.1, 0.15) is 38.6 Å². The topological polar surface area (TPSA) is 82.8 Å².